The van der Waals surface area contributed by atoms with Gasteiger partial charge in [-0.2, -0.15) is 13.2 Å². The zero-order valence-electron chi connectivity index (χ0n) is 28.4. The smallest absolute Gasteiger partial charge is 0.369 e. The molecule has 4 aromatic carbocycles. The van der Waals surface area contributed by atoms with E-state index in [1.54, 1.807) is 0 Å². The Balaban J connectivity index is 0.970. The van der Waals surface area contributed by atoms with Crippen LogP contribution in [0.1, 0.15) is 57.4 Å². The Kier molecular flexibility index (Phi) is 9.44. The van der Waals surface area contributed by atoms with Crippen molar-refractivity contribution in [3.63, 3.8) is 0 Å². The molecule has 2 aliphatic heterocycles. The SMILES string of the molecule is Cc1cccc(CN2CCc3ccc(N4CCN(CCCCC5(C(=O)NCC(F)(F)F)c6ccccc6-c6ccccc65)CC4)cc3C2=O)c1. The second-order valence-corrected chi connectivity index (χ2v) is 13.9. The molecule has 2 amide bonds. The first kappa shape index (κ1) is 33.8. The molecule has 0 bridgehead atoms. The number of nitrogens with zero attached hydrogens (tertiary/aromatic N) is 3. The second-order valence-electron chi connectivity index (χ2n) is 13.9. The predicted octanol–water partition coefficient (Wildman–Crippen LogP) is 7.13. The molecule has 260 valence electrons. The van der Waals surface area contributed by atoms with E-state index in [9.17, 15) is 22.8 Å². The molecular formula is C41H43F3N4O2. The number of benzene rings is 4. The van der Waals surface area contributed by atoms with Gasteiger partial charge in [0.2, 0.25) is 5.91 Å². The van der Waals surface area contributed by atoms with E-state index in [0.29, 0.717) is 19.4 Å². The third kappa shape index (κ3) is 6.75. The van der Waals surface area contributed by atoms with Crippen molar-refractivity contribution in [3.8, 4) is 11.1 Å². The Labute approximate surface area is 291 Å². The van der Waals surface area contributed by atoms with Crippen LogP contribution in [0.15, 0.2) is 91.0 Å². The van der Waals surface area contributed by atoms with Crippen molar-refractivity contribution in [2.45, 2.75) is 50.7 Å². The molecule has 0 unspecified atom stereocenters. The Bertz CT molecular complexity index is 1840. The summed E-state index contributed by atoms with van der Waals surface area (Å²) in [6.07, 6.45) is -1.71. The molecule has 6 nitrogen and oxygen atoms in total. The van der Waals surface area contributed by atoms with E-state index >= 15 is 0 Å². The number of hydrogen-bond acceptors (Lipinski definition) is 4. The summed E-state index contributed by atoms with van der Waals surface area (Å²) in [7, 11) is 0. The lowest BCUT2D eigenvalue weighted by Crippen LogP contribution is -2.47. The van der Waals surface area contributed by atoms with Gasteiger partial charge in [0, 0.05) is 50.5 Å². The number of fused-ring (bicyclic) bond motifs is 4. The summed E-state index contributed by atoms with van der Waals surface area (Å²) in [6, 6.07) is 29.8. The highest BCUT2D eigenvalue weighted by molar-refractivity contribution is 6.00. The lowest BCUT2D eigenvalue weighted by molar-refractivity contribution is -0.141. The highest BCUT2D eigenvalue weighted by Crippen LogP contribution is 2.51. The van der Waals surface area contributed by atoms with Crippen LogP contribution in [0.4, 0.5) is 18.9 Å². The third-order valence-electron chi connectivity index (χ3n) is 10.6. The number of rotatable bonds is 10. The first-order valence-corrected chi connectivity index (χ1v) is 17.6. The van der Waals surface area contributed by atoms with Gasteiger partial charge < -0.3 is 15.1 Å². The first-order valence-electron chi connectivity index (χ1n) is 17.6. The van der Waals surface area contributed by atoms with Crippen molar-refractivity contribution in [2.75, 3.05) is 50.7 Å². The van der Waals surface area contributed by atoms with Gasteiger partial charge in [-0.25, -0.2) is 0 Å². The topological polar surface area (TPSA) is 55.9 Å². The largest absolute Gasteiger partial charge is 0.405 e. The maximum Gasteiger partial charge on any atom is 0.405 e. The summed E-state index contributed by atoms with van der Waals surface area (Å²) in [4.78, 5) is 34.0. The van der Waals surface area contributed by atoms with Gasteiger partial charge in [0.15, 0.2) is 0 Å². The fraction of sp³-hybridized carbons (Fsp3) is 0.366. The van der Waals surface area contributed by atoms with E-state index in [-0.39, 0.29) is 5.91 Å². The maximum atomic E-state index is 13.8. The average Bonchev–Trinajstić information content (AvgIpc) is 3.41. The Morgan fingerprint density at radius 3 is 2.18 bits per heavy atom. The summed E-state index contributed by atoms with van der Waals surface area (Å²) in [5.74, 6) is -0.506. The van der Waals surface area contributed by atoms with Gasteiger partial charge in [-0.15, -0.1) is 0 Å². The van der Waals surface area contributed by atoms with Gasteiger partial charge in [0.1, 0.15) is 12.0 Å². The molecule has 0 atom stereocenters. The molecule has 1 N–H and O–H groups in total. The molecule has 3 aliphatic rings. The second kappa shape index (κ2) is 13.9. The van der Waals surface area contributed by atoms with E-state index in [0.717, 1.165) is 96.7 Å². The lowest BCUT2D eigenvalue weighted by Gasteiger charge is -2.37. The van der Waals surface area contributed by atoms with Crippen molar-refractivity contribution in [1.29, 1.82) is 0 Å². The lowest BCUT2D eigenvalue weighted by atomic mass is 9.73. The Hall–Kier alpha value is -4.63. The van der Waals surface area contributed by atoms with E-state index in [2.05, 4.69) is 58.4 Å². The van der Waals surface area contributed by atoms with Crippen molar-refractivity contribution < 1.29 is 22.8 Å². The van der Waals surface area contributed by atoms with Crippen LogP contribution in [-0.2, 0) is 23.2 Å². The fourth-order valence-corrected chi connectivity index (χ4v) is 8.13. The van der Waals surface area contributed by atoms with Crippen LogP contribution in [-0.4, -0.2) is 73.6 Å². The summed E-state index contributed by atoms with van der Waals surface area (Å²) >= 11 is 0. The number of anilines is 1. The van der Waals surface area contributed by atoms with Gasteiger partial charge in [0.05, 0.1) is 0 Å². The van der Waals surface area contributed by atoms with Crippen LogP contribution >= 0.6 is 0 Å². The van der Waals surface area contributed by atoms with Crippen molar-refractivity contribution in [2.24, 2.45) is 0 Å². The Morgan fingerprint density at radius 2 is 1.50 bits per heavy atom. The minimum absolute atomic E-state index is 0.0885. The van der Waals surface area contributed by atoms with Crippen LogP contribution in [0.3, 0.4) is 0 Å². The molecule has 1 saturated heterocycles. The number of halogens is 3. The number of piperazine rings is 1. The number of aryl methyl sites for hydroxylation is 1. The molecule has 7 rings (SSSR count). The van der Waals surface area contributed by atoms with Crippen molar-refractivity contribution in [3.05, 3.63) is 124 Å². The van der Waals surface area contributed by atoms with E-state index < -0.39 is 24.0 Å². The average molecular weight is 681 g/mol. The normalized spacial score (nSPS) is 16.9. The summed E-state index contributed by atoms with van der Waals surface area (Å²) in [6.45, 7) is 6.30. The quantitative estimate of drug-likeness (QED) is 0.181. The van der Waals surface area contributed by atoms with Crippen LogP contribution in [0.2, 0.25) is 0 Å². The van der Waals surface area contributed by atoms with Crippen LogP contribution in [0, 0.1) is 6.92 Å². The molecule has 9 heteroatoms. The van der Waals surface area contributed by atoms with Crippen molar-refractivity contribution in [1.82, 2.24) is 15.1 Å². The number of amides is 2. The van der Waals surface area contributed by atoms with Gasteiger partial charge in [-0.3, -0.25) is 14.5 Å². The van der Waals surface area contributed by atoms with E-state index in [1.807, 2.05) is 59.5 Å². The third-order valence-corrected chi connectivity index (χ3v) is 10.6. The maximum absolute atomic E-state index is 13.8. The zero-order valence-corrected chi connectivity index (χ0v) is 28.4. The molecule has 0 radical (unpaired) electrons. The molecule has 4 aromatic rings. The van der Waals surface area contributed by atoms with Gasteiger partial charge in [-0.1, -0.05) is 90.8 Å². The number of unbranched alkanes of at least 4 members (excludes halogenated alkanes) is 1. The minimum atomic E-state index is -4.49. The molecule has 50 heavy (non-hydrogen) atoms. The monoisotopic (exact) mass is 680 g/mol. The first-order chi connectivity index (χ1) is 24.1. The molecular weight excluding hydrogens is 637 g/mol. The number of nitrogens with one attached hydrogen (secondary N) is 1. The van der Waals surface area contributed by atoms with Crippen LogP contribution in [0.5, 0.6) is 0 Å². The minimum Gasteiger partial charge on any atom is -0.369 e. The molecule has 0 aromatic heterocycles. The summed E-state index contributed by atoms with van der Waals surface area (Å²) in [5.41, 5.74) is 7.50. The van der Waals surface area contributed by atoms with Gasteiger partial charge >= 0.3 is 6.18 Å². The van der Waals surface area contributed by atoms with Crippen LogP contribution in [0.25, 0.3) is 11.1 Å². The Morgan fingerprint density at radius 1 is 0.800 bits per heavy atom. The molecule has 2 heterocycles. The zero-order chi connectivity index (χ0) is 34.9. The number of carbonyl (C=O) groups excluding carboxylic acids is 2. The highest BCUT2D eigenvalue weighted by Gasteiger charge is 2.49. The summed E-state index contributed by atoms with van der Waals surface area (Å²) < 4.78 is 39.7. The molecule has 1 aliphatic carbocycles. The molecule has 1 fully saturated rings. The highest BCUT2D eigenvalue weighted by atomic mass is 19.4. The van der Waals surface area contributed by atoms with Gasteiger partial charge in [0.25, 0.3) is 5.91 Å². The van der Waals surface area contributed by atoms with E-state index in [1.165, 1.54) is 5.56 Å². The standard InChI is InChI=1S/C41H43F3N4O2/c1-29-9-8-10-30(25-29)27-48-20-17-31-15-16-32(26-35(31)38(48)49)47-23-21-46(22-24-47)19-7-6-18-40(39(50)45-28-41(42,43)44)36-13-4-2-11-33(36)34-12-3-5-14-37(34)40/h2-5,8-16,25-26H,6-7,17-24,27-28H2,1H3,(H,45,50). The van der Waals surface area contributed by atoms with Crippen molar-refractivity contribution >= 4 is 17.5 Å². The summed E-state index contributed by atoms with van der Waals surface area (Å²) in [5, 5.41) is 2.23. The fourth-order valence-electron chi connectivity index (χ4n) is 8.13. The van der Waals surface area contributed by atoms with E-state index in [4.69, 9.17) is 0 Å². The predicted molar refractivity (Wildman–Crippen MR) is 190 cm³/mol. The number of carbonyl (C=O) groups is 2. The van der Waals surface area contributed by atoms with Crippen LogP contribution < -0.4 is 10.2 Å². The molecule has 0 saturated carbocycles. The molecule has 0 spiro atoms. The number of alkyl halides is 3. The number of hydrogen-bond donors (Lipinski definition) is 1. The van der Waals surface area contributed by atoms with Gasteiger partial charge in [-0.05, 0) is 78.2 Å².